The summed E-state index contributed by atoms with van der Waals surface area (Å²) < 4.78 is 64.5. The fourth-order valence-electron chi connectivity index (χ4n) is 13.8. The Kier molecular flexibility index (Phi) is 11.6. The van der Waals surface area contributed by atoms with Gasteiger partial charge in [-0.25, -0.2) is 39.9 Å². The molecule has 8 aromatic heterocycles. The summed E-state index contributed by atoms with van der Waals surface area (Å²) in [6.45, 7) is 6.34. The van der Waals surface area contributed by atoms with Crippen molar-refractivity contribution in [2.24, 2.45) is 0 Å². The SMILES string of the molecule is CC(C)(C)c1c(-n2c3ccc(-c4ncccn4)cc3c3cc(-c4ncccn4)ccc32)c(-n2c3ccccc3c3ccccc32)c(C(F)(F)F)c(-n2c3ccccc3c3ccccc32)c1-n1c2ccc(-c3ncccn3)cc2c2cc(-c3ncccn3)ccc21. The monoisotopic (exact) mass is 1170 g/mol. The summed E-state index contributed by atoms with van der Waals surface area (Å²) in [6.07, 6.45) is 8.53. The molecule has 0 aliphatic heterocycles. The van der Waals surface area contributed by atoms with Crippen molar-refractivity contribution in [3.05, 3.63) is 255 Å². The van der Waals surface area contributed by atoms with Crippen LogP contribution >= 0.6 is 0 Å². The molecule has 8 heterocycles. The Morgan fingerprint density at radius 2 is 0.478 bits per heavy atom. The van der Waals surface area contributed by atoms with E-state index in [1.807, 2.05) is 179 Å². The third-order valence-corrected chi connectivity index (χ3v) is 17.3. The fourth-order valence-corrected chi connectivity index (χ4v) is 13.8. The van der Waals surface area contributed by atoms with Gasteiger partial charge in [0.15, 0.2) is 23.3 Å². The van der Waals surface area contributed by atoms with Gasteiger partial charge in [0.2, 0.25) is 0 Å². The van der Waals surface area contributed by atoms with E-state index in [1.54, 1.807) is 73.8 Å². The number of fused-ring (bicyclic) bond motifs is 12. The van der Waals surface area contributed by atoms with E-state index in [0.717, 1.165) is 65.3 Å². The van der Waals surface area contributed by atoms with Crippen LogP contribution in [0.1, 0.15) is 31.9 Å². The van der Waals surface area contributed by atoms with Gasteiger partial charge in [0.1, 0.15) is 5.56 Å². The largest absolute Gasteiger partial charge is 0.420 e. The number of nitrogens with zero attached hydrogens (tertiary/aromatic N) is 12. The van der Waals surface area contributed by atoms with Gasteiger partial charge in [-0.1, -0.05) is 93.6 Å². The lowest BCUT2D eigenvalue weighted by Gasteiger charge is -2.35. The van der Waals surface area contributed by atoms with Gasteiger partial charge >= 0.3 is 6.18 Å². The van der Waals surface area contributed by atoms with Crippen LogP contribution in [0, 0.1) is 0 Å². The van der Waals surface area contributed by atoms with Gasteiger partial charge in [-0.2, -0.15) is 13.2 Å². The molecule has 17 aromatic rings. The van der Waals surface area contributed by atoms with E-state index < -0.39 is 17.2 Å². The molecule has 0 atom stereocenters. The molecule has 430 valence electrons. The van der Waals surface area contributed by atoms with Crippen LogP contribution in [0.5, 0.6) is 0 Å². The fraction of sp³-hybridized carbons (Fsp3) is 0.0667. The predicted octanol–water partition coefficient (Wildman–Crippen LogP) is 18.2. The van der Waals surface area contributed by atoms with E-state index in [0.29, 0.717) is 84.4 Å². The van der Waals surface area contributed by atoms with Crippen molar-refractivity contribution in [2.75, 3.05) is 0 Å². The van der Waals surface area contributed by atoms with Crippen molar-refractivity contribution < 1.29 is 13.2 Å². The van der Waals surface area contributed by atoms with Crippen molar-refractivity contribution in [3.63, 3.8) is 0 Å². The van der Waals surface area contributed by atoms with Crippen LogP contribution in [-0.4, -0.2) is 58.1 Å². The number of hydrogen-bond acceptors (Lipinski definition) is 8. The topological polar surface area (TPSA) is 123 Å². The molecule has 0 unspecified atom stereocenters. The van der Waals surface area contributed by atoms with Crippen LogP contribution in [-0.2, 0) is 11.6 Å². The molecule has 0 aliphatic carbocycles. The van der Waals surface area contributed by atoms with Crippen LogP contribution in [0.4, 0.5) is 13.2 Å². The zero-order valence-electron chi connectivity index (χ0n) is 48.6. The third kappa shape index (κ3) is 8.01. The van der Waals surface area contributed by atoms with E-state index in [1.165, 1.54) is 0 Å². The maximum absolute atomic E-state index is 18.9. The summed E-state index contributed by atoms with van der Waals surface area (Å²) in [5.74, 6) is 1.99. The van der Waals surface area contributed by atoms with Gasteiger partial charge in [0.05, 0.1) is 66.9 Å². The summed E-state index contributed by atoms with van der Waals surface area (Å²) in [5, 5.41) is 6.22. The predicted molar refractivity (Wildman–Crippen MR) is 352 cm³/mol. The second kappa shape index (κ2) is 19.9. The second-order valence-corrected chi connectivity index (χ2v) is 23.5. The van der Waals surface area contributed by atoms with Crippen molar-refractivity contribution in [1.82, 2.24) is 58.1 Å². The summed E-state index contributed by atoms with van der Waals surface area (Å²) in [6, 6.07) is 62.2. The molecule has 0 spiro atoms. The summed E-state index contributed by atoms with van der Waals surface area (Å²) in [7, 11) is 0. The maximum Gasteiger partial charge on any atom is 0.420 e. The van der Waals surface area contributed by atoms with E-state index in [9.17, 15) is 0 Å². The number of halogens is 3. The van der Waals surface area contributed by atoms with Gasteiger partial charge in [-0.3, -0.25) is 0 Å². The molecule has 0 radical (unpaired) electrons. The Hall–Kier alpha value is -11.7. The highest BCUT2D eigenvalue weighted by atomic mass is 19.4. The number of aromatic nitrogens is 12. The van der Waals surface area contributed by atoms with E-state index in [2.05, 4.69) is 69.8 Å². The highest BCUT2D eigenvalue weighted by molar-refractivity contribution is 6.17. The van der Waals surface area contributed by atoms with Crippen molar-refractivity contribution in [2.45, 2.75) is 32.4 Å². The first kappa shape index (κ1) is 52.6. The molecular formula is C75H49F3N12. The smallest absolute Gasteiger partial charge is 0.307 e. The molecule has 0 N–H and O–H groups in total. The first-order valence-corrected chi connectivity index (χ1v) is 29.5. The molecule has 90 heavy (non-hydrogen) atoms. The van der Waals surface area contributed by atoms with Gasteiger partial charge < -0.3 is 18.3 Å². The first-order chi connectivity index (χ1) is 44.0. The van der Waals surface area contributed by atoms with E-state index in [-0.39, 0.29) is 11.4 Å². The molecule has 0 saturated heterocycles. The van der Waals surface area contributed by atoms with Crippen molar-refractivity contribution in [3.8, 4) is 68.3 Å². The lowest BCUT2D eigenvalue weighted by Crippen LogP contribution is -2.27. The van der Waals surface area contributed by atoms with E-state index in [4.69, 9.17) is 0 Å². The summed E-state index contributed by atoms with van der Waals surface area (Å²) in [4.78, 5) is 37.5. The third-order valence-electron chi connectivity index (χ3n) is 17.3. The second-order valence-electron chi connectivity index (χ2n) is 23.5. The normalized spacial score (nSPS) is 12.3. The number of para-hydroxylation sites is 4. The Morgan fingerprint density at radius 1 is 0.256 bits per heavy atom. The average molecular weight is 1180 g/mol. The quantitative estimate of drug-likeness (QED) is 0.147. The van der Waals surface area contributed by atoms with Crippen LogP contribution in [0.3, 0.4) is 0 Å². The summed E-state index contributed by atoms with van der Waals surface area (Å²) >= 11 is 0. The molecule has 0 saturated carbocycles. The minimum atomic E-state index is -5.09. The van der Waals surface area contributed by atoms with Crippen LogP contribution in [0.25, 0.3) is 156 Å². The van der Waals surface area contributed by atoms with Crippen molar-refractivity contribution in [1.29, 1.82) is 0 Å². The number of benzene rings is 9. The number of hydrogen-bond donors (Lipinski definition) is 0. The maximum atomic E-state index is 18.9. The van der Waals surface area contributed by atoms with Gasteiger partial charge in [0, 0.05) is 120 Å². The van der Waals surface area contributed by atoms with Crippen LogP contribution in [0.2, 0.25) is 0 Å². The molecule has 0 aliphatic rings. The molecule has 0 fully saturated rings. The summed E-state index contributed by atoms with van der Waals surface area (Å²) in [5.41, 5.74) is 7.22. The van der Waals surface area contributed by atoms with Crippen molar-refractivity contribution >= 4 is 87.2 Å². The molecule has 0 bridgehead atoms. The van der Waals surface area contributed by atoms with Gasteiger partial charge in [-0.15, -0.1) is 0 Å². The Morgan fingerprint density at radius 3 is 0.711 bits per heavy atom. The highest BCUT2D eigenvalue weighted by Crippen LogP contribution is 2.55. The molecule has 17 rings (SSSR count). The standard InChI is InChI=1S/C75H49F3N12/c1-74(2,3)64-66(89-60-28-24-44(70-79-32-12-33-80-70)40-52(60)53-41-45(25-29-61(53)89)71-81-34-13-35-82-71)68(87-56-20-8-4-16-48(56)49-17-5-9-21-57(49)87)65(75(76,77)78)69(88-58-22-10-6-18-50(58)51-19-7-11-23-59(51)88)67(64)90-62-30-26-46(72-83-36-14-37-84-72)42-54(62)55-43-47(27-31-63(55)90)73-85-38-15-39-86-73/h4-43H,1-3H3. The first-order valence-electron chi connectivity index (χ1n) is 29.5. The Bertz CT molecular complexity index is 5110. The zero-order valence-corrected chi connectivity index (χ0v) is 48.6. The Balaban J connectivity index is 1.17. The molecular weight excluding hydrogens is 1130 g/mol. The molecule has 15 heteroatoms. The molecule has 0 amide bonds. The van der Waals surface area contributed by atoms with Gasteiger partial charge in [-0.05, 0) is 127 Å². The number of alkyl halides is 3. The van der Waals surface area contributed by atoms with E-state index >= 15 is 13.2 Å². The van der Waals surface area contributed by atoms with Crippen LogP contribution in [0.15, 0.2) is 244 Å². The Labute approximate surface area is 511 Å². The minimum Gasteiger partial charge on any atom is -0.307 e. The lowest BCUT2D eigenvalue weighted by molar-refractivity contribution is -0.137. The molecule has 9 aromatic carbocycles. The molecule has 12 nitrogen and oxygen atoms in total. The number of rotatable bonds is 8. The highest BCUT2D eigenvalue weighted by Gasteiger charge is 2.46. The lowest BCUT2D eigenvalue weighted by atomic mass is 9.81. The van der Waals surface area contributed by atoms with Crippen LogP contribution < -0.4 is 0 Å². The minimum absolute atomic E-state index is 0.0528. The zero-order chi connectivity index (χ0) is 60.6. The average Bonchev–Trinajstić information content (AvgIpc) is 1.37. The van der Waals surface area contributed by atoms with Gasteiger partial charge in [0.25, 0.3) is 0 Å².